The Hall–Kier alpha value is -3.42. The minimum Gasteiger partial charge on any atom is -0.444 e. The van der Waals surface area contributed by atoms with Crippen molar-refractivity contribution in [1.82, 2.24) is 15.1 Å². The number of benzene rings is 2. The number of amides is 3. The van der Waals surface area contributed by atoms with Crippen LogP contribution in [0.4, 0.5) is 9.18 Å². The maximum atomic E-state index is 13.3. The van der Waals surface area contributed by atoms with Crippen molar-refractivity contribution in [3.8, 4) is 0 Å². The van der Waals surface area contributed by atoms with E-state index in [9.17, 15) is 18.8 Å². The molecule has 1 saturated heterocycles. The number of halogens is 1. The number of piperazine rings is 1. The highest BCUT2D eigenvalue weighted by Crippen LogP contribution is 2.13. The fourth-order valence-electron chi connectivity index (χ4n) is 3.78. The highest BCUT2D eigenvalue weighted by molar-refractivity contribution is 5.86. The number of hydrogen-bond acceptors (Lipinski definition) is 4. The average Bonchev–Trinajstić information content (AvgIpc) is 2.79. The summed E-state index contributed by atoms with van der Waals surface area (Å²) >= 11 is 0. The van der Waals surface area contributed by atoms with Gasteiger partial charge in [0, 0.05) is 32.6 Å². The van der Waals surface area contributed by atoms with Gasteiger partial charge in [-0.3, -0.25) is 9.59 Å². The lowest BCUT2D eigenvalue weighted by Gasteiger charge is -2.36. The van der Waals surface area contributed by atoms with E-state index in [1.54, 1.807) is 42.7 Å². The Morgan fingerprint density at radius 2 is 1.50 bits per heavy atom. The SMILES string of the molecule is CC(C)(C)OC(=O)NC(Cc1ccccc1)C(=O)N1CCN(C(=O)Cc2ccc(F)cc2)CC1. The third kappa shape index (κ3) is 7.57. The van der Waals surface area contributed by atoms with E-state index in [2.05, 4.69) is 5.32 Å². The highest BCUT2D eigenvalue weighted by Gasteiger charge is 2.31. The van der Waals surface area contributed by atoms with Gasteiger partial charge in [-0.2, -0.15) is 0 Å². The molecule has 0 aromatic heterocycles. The molecule has 2 aromatic carbocycles. The lowest BCUT2D eigenvalue weighted by atomic mass is 10.0. The van der Waals surface area contributed by atoms with E-state index in [4.69, 9.17) is 4.74 Å². The van der Waals surface area contributed by atoms with Gasteiger partial charge in [-0.15, -0.1) is 0 Å². The Labute approximate surface area is 199 Å². The number of nitrogens with zero attached hydrogens (tertiary/aromatic N) is 2. The molecule has 2 aromatic rings. The van der Waals surface area contributed by atoms with Crippen LogP contribution in [0.25, 0.3) is 0 Å². The van der Waals surface area contributed by atoms with E-state index < -0.39 is 17.7 Å². The van der Waals surface area contributed by atoms with Crippen molar-refractivity contribution in [2.45, 2.75) is 45.3 Å². The van der Waals surface area contributed by atoms with Crippen LogP contribution in [0.2, 0.25) is 0 Å². The van der Waals surface area contributed by atoms with Crippen molar-refractivity contribution in [2.24, 2.45) is 0 Å². The number of hydrogen-bond donors (Lipinski definition) is 1. The summed E-state index contributed by atoms with van der Waals surface area (Å²) in [4.78, 5) is 41.7. The Morgan fingerprint density at radius 3 is 2.09 bits per heavy atom. The van der Waals surface area contributed by atoms with Crippen LogP contribution in [0, 0.1) is 5.82 Å². The second-order valence-corrected chi connectivity index (χ2v) is 9.40. The van der Waals surface area contributed by atoms with Gasteiger partial charge in [0.2, 0.25) is 11.8 Å². The highest BCUT2D eigenvalue weighted by atomic mass is 19.1. The van der Waals surface area contributed by atoms with Crippen molar-refractivity contribution in [3.63, 3.8) is 0 Å². The van der Waals surface area contributed by atoms with Crippen LogP contribution in [0.15, 0.2) is 54.6 Å². The molecule has 0 bridgehead atoms. The van der Waals surface area contributed by atoms with E-state index in [1.807, 2.05) is 30.3 Å². The number of carbonyl (C=O) groups excluding carboxylic acids is 3. The Balaban J connectivity index is 1.60. The second-order valence-electron chi connectivity index (χ2n) is 9.40. The topological polar surface area (TPSA) is 79.0 Å². The zero-order chi connectivity index (χ0) is 24.7. The molecule has 1 N–H and O–H groups in total. The number of rotatable bonds is 6. The van der Waals surface area contributed by atoms with E-state index in [0.29, 0.717) is 32.6 Å². The van der Waals surface area contributed by atoms with Crippen molar-refractivity contribution in [1.29, 1.82) is 0 Å². The van der Waals surface area contributed by atoms with Crippen LogP contribution < -0.4 is 5.32 Å². The van der Waals surface area contributed by atoms with Gasteiger partial charge in [-0.25, -0.2) is 9.18 Å². The maximum Gasteiger partial charge on any atom is 0.408 e. The third-order valence-electron chi connectivity index (χ3n) is 5.48. The molecule has 0 radical (unpaired) electrons. The summed E-state index contributed by atoms with van der Waals surface area (Å²) in [6.07, 6.45) is -0.122. The first kappa shape index (κ1) is 25.2. The molecule has 8 heteroatoms. The Bertz CT molecular complexity index is 981. The zero-order valence-electron chi connectivity index (χ0n) is 19.9. The van der Waals surface area contributed by atoms with Gasteiger partial charge in [-0.05, 0) is 44.0 Å². The van der Waals surface area contributed by atoms with Crippen LogP contribution in [0.5, 0.6) is 0 Å². The summed E-state index contributed by atoms with van der Waals surface area (Å²) in [7, 11) is 0. The van der Waals surface area contributed by atoms with Gasteiger partial charge in [0.15, 0.2) is 0 Å². The predicted octanol–water partition coefficient (Wildman–Crippen LogP) is 3.18. The molecule has 3 rings (SSSR count). The molecule has 1 heterocycles. The van der Waals surface area contributed by atoms with Gasteiger partial charge in [-0.1, -0.05) is 42.5 Å². The monoisotopic (exact) mass is 469 g/mol. The number of carbonyl (C=O) groups is 3. The summed E-state index contributed by atoms with van der Waals surface area (Å²) in [5.74, 6) is -0.611. The van der Waals surface area contributed by atoms with Gasteiger partial charge in [0.05, 0.1) is 6.42 Å². The first-order valence-electron chi connectivity index (χ1n) is 11.5. The minimum absolute atomic E-state index is 0.0635. The molecule has 3 amide bonds. The van der Waals surface area contributed by atoms with Crippen LogP contribution in [0.3, 0.4) is 0 Å². The molecule has 0 aliphatic carbocycles. The van der Waals surface area contributed by atoms with Gasteiger partial charge in [0.1, 0.15) is 17.5 Å². The van der Waals surface area contributed by atoms with Gasteiger partial charge < -0.3 is 19.9 Å². The molecular weight excluding hydrogens is 437 g/mol. The summed E-state index contributed by atoms with van der Waals surface area (Å²) in [6.45, 7) is 6.84. The Morgan fingerprint density at radius 1 is 0.912 bits per heavy atom. The van der Waals surface area contributed by atoms with Crippen LogP contribution in [-0.4, -0.2) is 65.5 Å². The summed E-state index contributed by atoms with van der Waals surface area (Å²) in [6, 6.07) is 14.6. The normalized spacial score (nSPS) is 14.9. The van der Waals surface area contributed by atoms with Crippen molar-refractivity contribution >= 4 is 17.9 Å². The molecule has 1 aliphatic rings. The number of alkyl carbamates (subject to hydrolysis) is 1. The van der Waals surface area contributed by atoms with Crippen molar-refractivity contribution < 1.29 is 23.5 Å². The molecule has 1 fully saturated rings. The average molecular weight is 470 g/mol. The fourth-order valence-corrected chi connectivity index (χ4v) is 3.78. The van der Waals surface area contributed by atoms with E-state index in [1.165, 1.54) is 12.1 Å². The lowest BCUT2D eigenvalue weighted by Crippen LogP contribution is -2.56. The quantitative estimate of drug-likeness (QED) is 0.705. The van der Waals surface area contributed by atoms with E-state index in [0.717, 1.165) is 11.1 Å². The zero-order valence-corrected chi connectivity index (χ0v) is 19.9. The summed E-state index contributed by atoms with van der Waals surface area (Å²) < 4.78 is 18.5. The molecule has 182 valence electrons. The molecule has 0 saturated carbocycles. The maximum absolute atomic E-state index is 13.3. The molecule has 1 atom stereocenters. The molecular formula is C26H32FN3O4. The summed E-state index contributed by atoms with van der Waals surface area (Å²) in [5, 5.41) is 2.73. The van der Waals surface area contributed by atoms with E-state index >= 15 is 0 Å². The molecule has 34 heavy (non-hydrogen) atoms. The van der Waals surface area contributed by atoms with Gasteiger partial charge >= 0.3 is 6.09 Å². The first-order chi connectivity index (χ1) is 16.1. The van der Waals surface area contributed by atoms with E-state index in [-0.39, 0.29) is 24.1 Å². The molecule has 1 unspecified atom stereocenters. The second kappa shape index (κ2) is 11.1. The number of nitrogens with one attached hydrogen (secondary N) is 1. The predicted molar refractivity (Wildman–Crippen MR) is 127 cm³/mol. The van der Waals surface area contributed by atoms with Crippen LogP contribution in [-0.2, 0) is 27.2 Å². The molecule has 0 spiro atoms. The standard InChI is InChI=1S/C26H32FN3O4/c1-26(2,3)34-25(33)28-22(17-19-7-5-4-6-8-19)24(32)30-15-13-29(14-16-30)23(31)18-20-9-11-21(27)12-10-20/h4-12,22H,13-18H2,1-3H3,(H,28,33). The minimum atomic E-state index is -0.779. The van der Waals surface area contributed by atoms with Crippen LogP contribution in [0.1, 0.15) is 31.9 Å². The number of ether oxygens (including phenoxy) is 1. The summed E-state index contributed by atoms with van der Waals surface area (Å²) in [5.41, 5.74) is 0.986. The van der Waals surface area contributed by atoms with Crippen LogP contribution >= 0.6 is 0 Å². The van der Waals surface area contributed by atoms with Crippen molar-refractivity contribution in [3.05, 3.63) is 71.5 Å². The first-order valence-corrected chi connectivity index (χ1v) is 11.5. The molecule has 7 nitrogen and oxygen atoms in total. The fraction of sp³-hybridized carbons (Fsp3) is 0.423. The molecule has 1 aliphatic heterocycles. The Kier molecular flexibility index (Phi) is 8.26. The van der Waals surface area contributed by atoms with Crippen molar-refractivity contribution in [2.75, 3.05) is 26.2 Å². The lowest BCUT2D eigenvalue weighted by molar-refractivity contribution is -0.140. The smallest absolute Gasteiger partial charge is 0.408 e. The largest absolute Gasteiger partial charge is 0.444 e. The van der Waals surface area contributed by atoms with Gasteiger partial charge in [0.25, 0.3) is 0 Å². The third-order valence-corrected chi connectivity index (χ3v) is 5.48.